The molecule has 0 atom stereocenters. The Morgan fingerprint density at radius 2 is 2.00 bits per heavy atom. The third-order valence-corrected chi connectivity index (χ3v) is 4.92. The van der Waals surface area contributed by atoms with Gasteiger partial charge in [-0.1, -0.05) is 12.8 Å². The van der Waals surface area contributed by atoms with Crippen LogP contribution in [0, 0.1) is 5.92 Å². The van der Waals surface area contributed by atoms with Crippen LogP contribution >= 0.6 is 11.3 Å². The first-order valence-electron chi connectivity index (χ1n) is 7.75. The van der Waals surface area contributed by atoms with Crippen LogP contribution < -0.4 is 10.6 Å². The summed E-state index contributed by atoms with van der Waals surface area (Å²) in [6.45, 7) is 0.405. The number of anilines is 1. The Hall–Kier alpha value is -1.43. The minimum Gasteiger partial charge on any atom is -0.355 e. The first-order chi connectivity index (χ1) is 10.2. The van der Waals surface area contributed by atoms with Gasteiger partial charge in [0.05, 0.1) is 5.69 Å². The minimum absolute atomic E-state index is 0.0848. The van der Waals surface area contributed by atoms with Gasteiger partial charge in [-0.3, -0.25) is 9.59 Å². The van der Waals surface area contributed by atoms with Crippen LogP contribution in [0.4, 0.5) is 5.13 Å². The highest BCUT2D eigenvalue weighted by Gasteiger charge is 2.26. The fourth-order valence-corrected chi connectivity index (χ4v) is 3.53. The summed E-state index contributed by atoms with van der Waals surface area (Å²) in [5, 5.41) is 8.36. The first kappa shape index (κ1) is 14.5. The third kappa shape index (κ3) is 4.03. The van der Waals surface area contributed by atoms with E-state index in [4.69, 9.17) is 0 Å². The van der Waals surface area contributed by atoms with Gasteiger partial charge in [-0.05, 0) is 25.7 Å². The zero-order valence-electron chi connectivity index (χ0n) is 12.1. The molecule has 21 heavy (non-hydrogen) atoms. The van der Waals surface area contributed by atoms with E-state index in [1.54, 1.807) is 0 Å². The topological polar surface area (TPSA) is 71.1 Å². The average Bonchev–Trinajstić information content (AvgIpc) is 2.99. The molecule has 0 spiro atoms. The quantitative estimate of drug-likeness (QED) is 0.848. The van der Waals surface area contributed by atoms with E-state index in [1.165, 1.54) is 24.2 Å². The summed E-state index contributed by atoms with van der Waals surface area (Å²) in [6.07, 6.45) is 6.99. The first-order valence-corrected chi connectivity index (χ1v) is 8.63. The molecule has 2 amide bonds. The normalized spacial score (nSPS) is 18.7. The molecular weight excluding hydrogens is 286 g/mol. The second-order valence-corrected chi connectivity index (χ2v) is 6.78. The largest absolute Gasteiger partial charge is 0.355 e. The van der Waals surface area contributed by atoms with E-state index in [0.717, 1.165) is 31.4 Å². The Kier molecular flexibility index (Phi) is 4.53. The minimum atomic E-state index is -0.0848. The fourth-order valence-electron chi connectivity index (χ4n) is 2.72. The summed E-state index contributed by atoms with van der Waals surface area (Å²) >= 11 is 1.48. The summed E-state index contributed by atoms with van der Waals surface area (Å²) in [7, 11) is 0. The van der Waals surface area contributed by atoms with Crippen molar-refractivity contribution in [2.45, 2.75) is 50.9 Å². The molecule has 0 radical (unpaired) electrons. The molecule has 2 aliphatic carbocycles. The Labute approximate surface area is 128 Å². The SMILES string of the molecule is O=C(CCNC(=O)C1CCCC1)Nc1nc(C2CC2)cs1. The Bertz CT molecular complexity index is 519. The van der Waals surface area contributed by atoms with E-state index in [9.17, 15) is 9.59 Å². The van der Waals surface area contributed by atoms with Crippen LogP contribution in [0.1, 0.15) is 56.6 Å². The summed E-state index contributed by atoms with van der Waals surface area (Å²) in [4.78, 5) is 28.0. The Morgan fingerprint density at radius 1 is 1.24 bits per heavy atom. The van der Waals surface area contributed by atoms with Crippen molar-refractivity contribution in [3.8, 4) is 0 Å². The van der Waals surface area contributed by atoms with E-state index in [1.807, 2.05) is 5.38 Å². The Morgan fingerprint density at radius 3 is 2.71 bits per heavy atom. The number of amides is 2. The number of rotatable bonds is 6. The van der Waals surface area contributed by atoms with E-state index in [-0.39, 0.29) is 17.7 Å². The molecule has 0 aromatic carbocycles. The molecule has 2 saturated carbocycles. The number of aromatic nitrogens is 1. The molecule has 1 aromatic heterocycles. The lowest BCUT2D eigenvalue weighted by Crippen LogP contribution is -2.32. The van der Waals surface area contributed by atoms with Gasteiger partial charge in [0, 0.05) is 30.2 Å². The van der Waals surface area contributed by atoms with Crippen molar-refractivity contribution in [3.63, 3.8) is 0 Å². The van der Waals surface area contributed by atoms with Gasteiger partial charge < -0.3 is 10.6 Å². The van der Waals surface area contributed by atoms with Gasteiger partial charge >= 0.3 is 0 Å². The molecular formula is C15H21N3O2S. The number of hydrogen-bond acceptors (Lipinski definition) is 4. The summed E-state index contributed by atoms with van der Waals surface area (Å²) in [5.41, 5.74) is 1.10. The van der Waals surface area contributed by atoms with Crippen LogP contribution in [0.5, 0.6) is 0 Å². The number of carbonyl (C=O) groups is 2. The molecule has 6 heteroatoms. The summed E-state index contributed by atoms with van der Waals surface area (Å²) in [6, 6.07) is 0. The average molecular weight is 307 g/mol. The fraction of sp³-hybridized carbons (Fsp3) is 0.667. The van der Waals surface area contributed by atoms with Crippen molar-refractivity contribution in [1.82, 2.24) is 10.3 Å². The zero-order valence-corrected chi connectivity index (χ0v) is 12.9. The standard InChI is InChI=1S/C15H21N3O2S/c19-13(7-8-16-14(20)11-3-1-2-4-11)18-15-17-12(9-21-15)10-5-6-10/h9-11H,1-8H2,(H,16,20)(H,17,18,19). The predicted octanol–water partition coefficient (Wildman–Crippen LogP) is 2.66. The van der Waals surface area contributed by atoms with Crippen LogP contribution in [0.2, 0.25) is 0 Å². The smallest absolute Gasteiger partial charge is 0.227 e. The molecule has 0 unspecified atom stereocenters. The third-order valence-electron chi connectivity index (χ3n) is 4.14. The van der Waals surface area contributed by atoms with Gasteiger partial charge in [0.15, 0.2) is 5.13 Å². The van der Waals surface area contributed by atoms with E-state index in [0.29, 0.717) is 24.0 Å². The molecule has 2 aliphatic rings. The molecule has 2 N–H and O–H groups in total. The second-order valence-electron chi connectivity index (χ2n) is 5.92. The van der Waals surface area contributed by atoms with Crippen LogP contribution in [0.25, 0.3) is 0 Å². The predicted molar refractivity (Wildman–Crippen MR) is 82.3 cm³/mol. The lowest BCUT2D eigenvalue weighted by molar-refractivity contribution is -0.124. The van der Waals surface area contributed by atoms with Crippen LogP contribution in [-0.4, -0.2) is 23.3 Å². The van der Waals surface area contributed by atoms with Gasteiger partial charge in [-0.25, -0.2) is 4.98 Å². The number of nitrogens with one attached hydrogen (secondary N) is 2. The number of nitrogens with zero attached hydrogens (tertiary/aromatic N) is 1. The number of thiazole rings is 1. The molecule has 0 saturated heterocycles. The van der Waals surface area contributed by atoms with Crippen molar-refractivity contribution in [2.75, 3.05) is 11.9 Å². The molecule has 5 nitrogen and oxygen atoms in total. The van der Waals surface area contributed by atoms with Gasteiger partial charge in [-0.15, -0.1) is 11.3 Å². The van der Waals surface area contributed by atoms with Crippen molar-refractivity contribution >= 4 is 28.3 Å². The summed E-state index contributed by atoms with van der Waals surface area (Å²) < 4.78 is 0. The molecule has 114 valence electrons. The van der Waals surface area contributed by atoms with E-state index < -0.39 is 0 Å². The summed E-state index contributed by atoms with van der Waals surface area (Å²) in [5.74, 6) is 0.787. The molecule has 1 aromatic rings. The number of carbonyl (C=O) groups excluding carboxylic acids is 2. The molecule has 3 rings (SSSR count). The Balaban J connectivity index is 1.36. The van der Waals surface area contributed by atoms with E-state index >= 15 is 0 Å². The van der Waals surface area contributed by atoms with Gasteiger partial charge in [0.2, 0.25) is 11.8 Å². The maximum Gasteiger partial charge on any atom is 0.227 e. The van der Waals surface area contributed by atoms with Crippen molar-refractivity contribution in [2.24, 2.45) is 5.92 Å². The van der Waals surface area contributed by atoms with Crippen LogP contribution in [0.15, 0.2) is 5.38 Å². The monoisotopic (exact) mass is 307 g/mol. The van der Waals surface area contributed by atoms with Gasteiger partial charge in [-0.2, -0.15) is 0 Å². The van der Waals surface area contributed by atoms with Gasteiger partial charge in [0.25, 0.3) is 0 Å². The van der Waals surface area contributed by atoms with Crippen molar-refractivity contribution in [3.05, 3.63) is 11.1 Å². The maximum absolute atomic E-state index is 11.8. The molecule has 0 aliphatic heterocycles. The van der Waals surface area contributed by atoms with Crippen molar-refractivity contribution in [1.29, 1.82) is 0 Å². The van der Waals surface area contributed by atoms with Crippen molar-refractivity contribution < 1.29 is 9.59 Å². The highest BCUT2D eigenvalue weighted by molar-refractivity contribution is 7.13. The van der Waals surface area contributed by atoms with E-state index in [2.05, 4.69) is 15.6 Å². The van der Waals surface area contributed by atoms with Crippen LogP contribution in [0.3, 0.4) is 0 Å². The zero-order chi connectivity index (χ0) is 14.7. The lowest BCUT2D eigenvalue weighted by atomic mass is 10.1. The highest BCUT2D eigenvalue weighted by Crippen LogP contribution is 2.40. The van der Waals surface area contributed by atoms with Gasteiger partial charge in [0.1, 0.15) is 0 Å². The second kappa shape index (κ2) is 6.56. The lowest BCUT2D eigenvalue weighted by Gasteiger charge is -2.09. The molecule has 1 heterocycles. The maximum atomic E-state index is 11.8. The molecule has 0 bridgehead atoms. The van der Waals surface area contributed by atoms with Crippen LogP contribution in [-0.2, 0) is 9.59 Å². The molecule has 2 fully saturated rings. The highest BCUT2D eigenvalue weighted by atomic mass is 32.1. The number of hydrogen-bond donors (Lipinski definition) is 2.